The molecular weight excluding hydrogens is 303 g/mol. The lowest BCUT2D eigenvalue weighted by atomic mass is 10.1. The minimum atomic E-state index is -0.586. The van der Waals surface area contributed by atoms with E-state index in [0.717, 1.165) is 6.20 Å². The number of rotatable bonds is 2. The molecule has 4 nitrogen and oxygen atoms in total. The number of hydrogen-bond donors (Lipinski definition) is 0. The average Bonchev–Trinajstić information content (AvgIpc) is 2.39. The summed E-state index contributed by atoms with van der Waals surface area (Å²) in [7, 11) is 0. The number of carbonyl (C=O) groups is 1. The van der Waals surface area contributed by atoms with Gasteiger partial charge in [-0.3, -0.25) is 9.78 Å². The minimum absolute atomic E-state index is 0.0463. The number of carbonyl (C=O) groups excluding carboxylic acids is 1. The molecule has 1 fully saturated rings. The molecule has 1 aromatic rings. The van der Waals surface area contributed by atoms with E-state index < -0.39 is 5.82 Å². The van der Waals surface area contributed by atoms with Crippen LogP contribution in [0.3, 0.4) is 0 Å². The molecule has 0 saturated carbocycles. The summed E-state index contributed by atoms with van der Waals surface area (Å²) in [6.45, 7) is 2.82. The van der Waals surface area contributed by atoms with Crippen LogP contribution in [0.15, 0.2) is 18.5 Å². The van der Waals surface area contributed by atoms with Gasteiger partial charge in [0.25, 0.3) is 5.91 Å². The van der Waals surface area contributed by atoms with Gasteiger partial charge >= 0.3 is 0 Å². The molecule has 18 heavy (non-hydrogen) atoms. The fraction of sp³-hybridized carbons (Fsp3) is 0.500. The zero-order chi connectivity index (χ0) is 13.1. The lowest BCUT2D eigenvalue weighted by Gasteiger charge is -2.37. The van der Waals surface area contributed by atoms with Crippen LogP contribution in [0, 0.1) is 5.82 Å². The first-order valence-corrected chi connectivity index (χ1v) is 6.83. The summed E-state index contributed by atoms with van der Waals surface area (Å²) in [5.74, 6) is -0.895. The van der Waals surface area contributed by atoms with Crippen molar-refractivity contribution in [2.75, 3.05) is 18.5 Å². The molecule has 2 unspecified atom stereocenters. The van der Waals surface area contributed by atoms with Crippen molar-refractivity contribution in [3.8, 4) is 0 Å². The predicted molar refractivity (Wildman–Crippen MR) is 68.2 cm³/mol. The summed E-state index contributed by atoms with van der Waals surface area (Å²) in [6, 6.07) is 1.35. The van der Waals surface area contributed by atoms with Crippen molar-refractivity contribution in [3.63, 3.8) is 0 Å². The van der Waals surface area contributed by atoms with Crippen molar-refractivity contribution in [2.24, 2.45) is 0 Å². The number of morpholine rings is 1. The Morgan fingerprint density at radius 2 is 2.50 bits per heavy atom. The number of ether oxygens (including phenoxy) is 1. The number of pyridine rings is 1. The highest BCUT2D eigenvalue weighted by atomic mass is 79.9. The lowest BCUT2D eigenvalue weighted by molar-refractivity contribution is -0.0363. The zero-order valence-corrected chi connectivity index (χ0v) is 11.6. The maximum atomic E-state index is 13.6. The van der Waals surface area contributed by atoms with E-state index in [2.05, 4.69) is 20.9 Å². The normalized spacial score (nSPS) is 24.1. The van der Waals surface area contributed by atoms with Crippen molar-refractivity contribution in [2.45, 2.75) is 19.1 Å². The van der Waals surface area contributed by atoms with Crippen molar-refractivity contribution in [1.29, 1.82) is 0 Å². The SMILES string of the molecule is CC1COC(CBr)CN1C(=O)c1ccncc1F. The Balaban J connectivity index is 2.19. The largest absolute Gasteiger partial charge is 0.373 e. The van der Waals surface area contributed by atoms with Crippen LogP contribution in [-0.4, -0.2) is 46.4 Å². The summed E-state index contributed by atoms with van der Waals surface area (Å²) in [5, 5.41) is 0.655. The number of hydrogen-bond acceptors (Lipinski definition) is 3. The summed E-state index contributed by atoms with van der Waals surface area (Å²) < 4.78 is 19.1. The molecule has 1 amide bonds. The van der Waals surface area contributed by atoms with Crippen molar-refractivity contribution >= 4 is 21.8 Å². The highest BCUT2D eigenvalue weighted by Crippen LogP contribution is 2.17. The van der Waals surface area contributed by atoms with Gasteiger partial charge in [0.2, 0.25) is 0 Å². The van der Waals surface area contributed by atoms with E-state index in [0.29, 0.717) is 18.5 Å². The van der Waals surface area contributed by atoms with Gasteiger partial charge in [0.15, 0.2) is 5.82 Å². The van der Waals surface area contributed by atoms with Gasteiger partial charge in [-0.05, 0) is 13.0 Å². The first-order valence-electron chi connectivity index (χ1n) is 5.71. The third-order valence-electron chi connectivity index (χ3n) is 2.94. The van der Waals surface area contributed by atoms with Crippen molar-refractivity contribution in [1.82, 2.24) is 9.88 Å². The van der Waals surface area contributed by atoms with Crippen LogP contribution in [0.2, 0.25) is 0 Å². The smallest absolute Gasteiger partial charge is 0.257 e. The first-order chi connectivity index (χ1) is 8.63. The van der Waals surface area contributed by atoms with E-state index in [-0.39, 0.29) is 23.6 Å². The maximum absolute atomic E-state index is 13.6. The molecule has 1 aliphatic heterocycles. The Morgan fingerprint density at radius 3 is 3.17 bits per heavy atom. The van der Waals surface area contributed by atoms with Gasteiger partial charge in [0.05, 0.1) is 30.5 Å². The topological polar surface area (TPSA) is 42.4 Å². The average molecular weight is 317 g/mol. The monoisotopic (exact) mass is 316 g/mol. The molecule has 0 bridgehead atoms. The molecular formula is C12H14BrFN2O2. The number of alkyl halides is 1. The first kappa shape index (κ1) is 13.4. The van der Waals surface area contributed by atoms with Crippen molar-refractivity contribution < 1.29 is 13.9 Å². The van der Waals surface area contributed by atoms with Gasteiger partial charge in [-0.25, -0.2) is 4.39 Å². The molecule has 2 atom stereocenters. The van der Waals surface area contributed by atoms with Crippen molar-refractivity contribution in [3.05, 3.63) is 29.8 Å². The molecule has 1 saturated heterocycles. The fourth-order valence-electron chi connectivity index (χ4n) is 1.90. The number of halogens is 2. The molecule has 1 aromatic heterocycles. The second-order valence-corrected chi connectivity index (χ2v) is 4.92. The molecule has 0 N–H and O–H groups in total. The summed E-state index contributed by atoms with van der Waals surface area (Å²) in [4.78, 5) is 17.6. The Kier molecular flexibility index (Phi) is 4.29. The summed E-state index contributed by atoms with van der Waals surface area (Å²) >= 11 is 3.33. The van der Waals surface area contributed by atoms with E-state index in [4.69, 9.17) is 4.74 Å². The summed E-state index contributed by atoms with van der Waals surface area (Å²) in [5.41, 5.74) is 0.0621. The molecule has 1 aliphatic rings. The Bertz CT molecular complexity index is 444. The van der Waals surface area contributed by atoms with Crippen LogP contribution in [0.1, 0.15) is 17.3 Å². The van der Waals surface area contributed by atoms with Crippen LogP contribution in [-0.2, 0) is 4.74 Å². The van der Waals surface area contributed by atoms with Gasteiger partial charge in [-0.2, -0.15) is 0 Å². The maximum Gasteiger partial charge on any atom is 0.257 e. The molecule has 98 valence electrons. The predicted octanol–water partition coefficient (Wildman–Crippen LogP) is 1.85. The molecule has 2 heterocycles. The van der Waals surface area contributed by atoms with Crippen LogP contribution in [0.5, 0.6) is 0 Å². The number of amides is 1. The van der Waals surface area contributed by atoms with E-state index in [1.165, 1.54) is 12.3 Å². The Morgan fingerprint density at radius 1 is 1.72 bits per heavy atom. The van der Waals surface area contributed by atoms with Gasteiger partial charge < -0.3 is 9.64 Å². The summed E-state index contributed by atoms with van der Waals surface area (Å²) in [6.07, 6.45) is 2.43. The third kappa shape index (κ3) is 2.70. The van der Waals surface area contributed by atoms with Crippen LogP contribution < -0.4 is 0 Å². The van der Waals surface area contributed by atoms with Crippen LogP contribution >= 0.6 is 15.9 Å². The second kappa shape index (κ2) is 5.75. The van der Waals surface area contributed by atoms with E-state index in [1.54, 1.807) is 4.90 Å². The second-order valence-electron chi connectivity index (χ2n) is 4.27. The Labute approximate surface area is 113 Å². The number of aromatic nitrogens is 1. The molecule has 0 spiro atoms. The number of nitrogens with zero attached hydrogens (tertiary/aromatic N) is 2. The van der Waals surface area contributed by atoms with E-state index in [9.17, 15) is 9.18 Å². The molecule has 0 radical (unpaired) electrons. The standard InChI is InChI=1S/C12H14BrFN2O2/c1-8-7-18-9(4-13)6-16(8)12(17)10-2-3-15-5-11(10)14/h2-3,5,8-9H,4,6-7H2,1H3. The quantitative estimate of drug-likeness (QED) is 0.782. The third-order valence-corrected chi connectivity index (χ3v) is 3.66. The van der Waals surface area contributed by atoms with Gasteiger partial charge in [-0.15, -0.1) is 0 Å². The van der Waals surface area contributed by atoms with E-state index in [1.807, 2.05) is 6.92 Å². The van der Waals surface area contributed by atoms with Crippen LogP contribution in [0.4, 0.5) is 4.39 Å². The highest BCUT2D eigenvalue weighted by molar-refractivity contribution is 9.09. The molecule has 0 aliphatic carbocycles. The Hall–Kier alpha value is -1.01. The van der Waals surface area contributed by atoms with Gasteiger partial charge in [0, 0.05) is 18.1 Å². The lowest BCUT2D eigenvalue weighted by Crippen LogP contribution is -2.51. The highest BCUT2D eigenvalue weighted by Gasteiger charge is 2.30. The molecule has 6 heteroatoms. The minimum Gasteiger partial charge on any atom is -0.373 e. The van der Waals surface area contributed by atoms with Gasteiger partial charge in [0.1, 0.15) is 0 Å². The fourth-order valence-corrected chi connectivity index (χ4v) is 2.29. The van der Waals surface area contributed by atoms with Gasteiger partial charge in [-0.1, -0.05) is 15.9 Å². The molecule has 0 aromatic carbocycles. The van der Waals surface area contributed by atoms with Crippen LogP contribution in [0.25, 0.3) is 0 Å². The van der Waals surface area contributed by atoms with E-state index >= 15 is 0 Å². The molecule has 2 rings (SSSR count). The zero-order valence-electron chi connectivity index (χ0n) is 9.97.